The number of rotatable bonds is 4. The smallest absolute Gasteiger partial charge is 0.0500 e. The quantitative estimate of drug-likeness (QED) is 0.647. The van der Waals surface area contributed by atoms with E-state index in [9.17, 15) is 0 Å². The maximum atomic E-state index is 3.37. The van der Waals surface area contributed by atoms with Crippen LogP contribution in [0.25, 0.3) is 26.6 Å². The molecular formula is C19H20N2S. The van der Waals surface area contributed by atoms with Crippen LogP contribution in [0.3, 0.4) is 0 Å². The Morgan fingerprint density at radius 1 is 1.00 bits per heavy atom. The molecule has 0 saturated heterocycles. The van der Waals surface area contributed by atoms with E-state index in [1.165, 1.54) is 31.8 Å². The molecule has 3 heteroatoms. The Bertz CT molecular complexity index is 798. The van der Waals surface area contributed by atoms with Gasteiger partial charge in [0, 0.05) is 34.9 Å². The molecule has 3 rings (SSSR count). The molecule has 1 heterocycles. The molecular weight excluding hydrogens is 288 g/mol. The van der Waals surface area contributed by atoms with Gasteiger partial charge < -0.3 is 10.6 Å². The molecule has 0 aliphatic heterocycles. The lowest BCUT2D eigenvalue weighted by molar-refractivity contribution is 1.46. The predicted molar refractivity (Wildman–Crippen MR) is 101 cm³/mol. The Balaban J connectivity index is 2.25. The molecule has 0 aliphatic rings. The van der Waals surface area contributed by atoms with Gasteiger partial charge in [-0.2, -0.15) is 0 Å². The van der Waals surface area contributed by atoms with Gasteiger partial charge in [-0.15, -0.1) is 11.3 Å². The largest absolute Gasteiger partial charge is 0.388 e. The third-order valence-corrected chi connectivity index (χ3v) is 4.89. The van der Waals surface area contributed by atoms with Crippen LogP contribution in [-0.2, 0) is 0 Å². The first kappa shape index (κ1) is 14.7. The van der Waals surface area contributed by atoms with Crippen molar-refractivity contribution in [3.8, 4) is 10.4 Å². The van der Waals surface area contributed by atoms with Crippen LogP contribution in [-0.4, -0.2) is 14.1 Å². The number of thiophene rings is 1. The van der Waals surface area contributed by atoms with Crippen molar-refractivity contribution in [1.82, 2.24) is 0 Å². The zero-order valence-corrected chi connectivity index (χ0v) is 13.9. The summed E-state index contributed by atoms with van der Waals surface area (Å²) in [6, 6.07) is 15.2. The van der Waals surface area contributed by atoms with Crippen molar-refractivity contribution < 1.29 is 0 Å². The monoisotopic (exact) mass is 308 g/mol. The Morgan fingerprint density at radius 2 is 1.82 bits per heavy atom. The number of nitrogens with one attached hydrogen (secondary N) is 2. The van der Waals surface area contributed by atoms with Gasteiger partial charge in [-0.1, -0.05) is 30.4 Å². The van der Waals surface area contributed by atoms with Crippen molar-refractivity contribution in [3.05, 3.63) is 54.1 Å². The first-order valence-electron chi connectivity index (χ1n) is 7.42. The number of allylic oxidation sites excluding steroid dienone is 1. The maximum Gasteiger partial charge on any atom is 0.0500 e. The topological polar surface area (TPSA) is 24.1 Å². The summed E-state index contributed by atoms with van der Waals surface area (Å²) in [5.41, 5.74) is 4.73. The highest BCUT2D eigenvalue weighted by Gasteiger charge is 2.12. The number of hydrogen-bond acceptors (Lipinski definition) is 3. The molecule has 2 nitrogen and oxygen atoms in total. The second kappa shape index (κ2) is 6.24. The molecule has 0 saturated carbocycles. The Morgan fingerprint density at radius 3 is 2.50 bits per heavy atom. The molecule has 1 aromatic heterocycles. The lowest BCUT2D eigenvalue weighted by atomic mass is 10.0. The molecule has 3 aromatic rings. The number of benzene rings is 2. The van der Waals surface area contributed by atoms with Gasteiger partial charge in [0.15, 0.2) is 0 Å². The van der Waals surface area contributed by atoms with Crippen LogP contribution in [0.4, 0.5) is 11.4 Å². The average molecular weight is 308 g/mol. The first-order valence-corrected chi connectivity index (χ1v) is 8.23. The standard InChI is InChI=1S/C19H20N2S/c1-4-7-14-10-15(20-2)12-16(19(14)21-3)18-11-13-8-5-6-9-17(13)22-18/h4-12,20-21H,1-3H3/b7-4+. The van der Waals surface area contributed by atoms with Crippen LogP contribution in [0.1, 0.15) is 12.5 Å². The highest BCUT2D eigenvalue weighted by molar-refractivity contribution is 7.22. The van der Waals surface area contributed by atoms with Crippen LogP contribution < -0.4 is 10.6 Å². The van der Waals surface area contributed by atoms with Crippen LogP contribution in [0.2, 0.25) is 0 Å². The third kappa shape index (κ3) is 2.60. The molecule has 112 valence electrons. The summed E-state index contributed by atoms with van der Waals surface area (Å²) in [4.78, 5) is 1.29. The predicted octanol–water partition coefficient (Wildman–Crippen LogP) is 5.68. The molecule has 0 amide bonds. The van der Waals surface area contributed by atoms with E-state index in [0.29, 0.717) is 0 Å². The molecule has 0 radical (unpaired) electrons. The number of anilines is 2. The first-order chi connectivity index (χ1) is 10.8. The van der Waals surface area contributed by atoms with Gasteiger partial charge in [0.2, 0.25) is 0 Å². The highest BCUT2D eigenvalue weighted by Crippen LogP contribution is 2.40. The normalized spacial score (nSPS) is 11.2. The fourth-order valence-electron chi connectivity index (χ4n) is 2.71. The van der Waals surface area contributed by atoms with Crippen molar-refractivity contribution in [2.75, 3.05) is 24.7 Å². The van der Waals surface area contributed by atoms with Gasteiger partial charge in [0.1, 0.15) is 0 Å². The minimum Gasteiger partial charge on any atom is -0.388 e. The van der Waals surface area contributed by atoms with E-state index in [4.69, 9.17) is 0 Å². The molecule has 0 fully saturated rings. The fraction of sp³-hybridized carbons (Fsp3) is 0.158. The van der Waals surface area contributed by atoms with Gasteiger partial charge in [0.05, 0.1) is 5.69 Å². The summed E-state index contributed by atoms with van der Waals surface area (Å²) in [7, 11) is 3.95. The van der Waals surface area contributed by atoms with E-state index in [0.717, 1.165) is 5.69 Å². The van der Waals surface area contributed by atoms with E-state index in [1.54, 1.807) is 0 Å². The van der Waals surface area contributed by atoms with Crippen molar-refractivity contribution in [3.63, 3.8) is 0 Å². The maximum absolute atomic E-state index is 3.37. The SMILES string of the molecule is C/C=C/c1cc(NC)cc(-c2cc3ccccc3s2)c1NC. The highest BCUT2D eigenvalue weighted by atomic mass is 32.1. The Hall–Kier alpha value is -2.26. The van der Waals surface area contributed by atoms with Gasteiger partial charge in [-0.25, -0.2) is 0 Å². The van der Waals surface area contributed by atoms with Gasteiger partial charge in [-0.3, -0.25) is 0 Å². The van der Waals surface area contributed by atoms with E-state index < -0.39 is 0 Å². The lowest BCUT2D eigenvalue weighted by Crippen LogP contribution is -1.97. The van der Waals surface area contributed by atoms with Crippen LogP contribution >= 0.6 is 11.3 Å². The molecule has 22 heavy (non-hydrogen) atoms. The molecule has 0 spiro atoms. The van der Waals surface area contributed by atoms with Gasteiger partial charge >= 0.3 is 0 Å². The summed E-state index contributed by atoms with van der Waals surface area (Å²) in [6.45, 7) is 2.05. The molecule has 0 atom stereocenters. The molecule has 0 aliphatic carbocycles. The fourth-order valence-corrected chi connectivity index (χ4v) is 3.79. The van der Waals surface area contributed by atoms with Crippen molar-refractivity contribution in [2.24, 2.45) is 0 Å². The number of hydrogen-bond donors (Lipinski definition) is 2. The summed E-state index contributed by atoms with van der Waals surface area (Å²) in [6.07, 6.45) is 4.22. The second-order valence-electron chi connectivity index (χ2n) is 5.14. The van der Waals surface area contributed by atoms with Crippen molar-refractivity contribution in [1.29, 1.82) is 0 Å². The number of fused-ring (bicyclic) bond motifs is 1. The summed E-state index contributed by atoms with van der Waals surface area (Å²) in [5.74, 6) is 0. The zero-order chi connectivity index (χ0) is 15.5. The summed E-state index contributed by atoms with van der Waals surface area (Å²) < 4.78 is 1.32. The van der Waals surface area contributed by atoms with Crippen molar-refractivity contribution >= 4 is 38.9 Å². The minimum absolute atomic E-state index is 1.12. The van der Waals surface area contributed by atoms with Crippen LogP contribution in [0.5, 0.6) is 0 Å². The van der Waals surface area contributed by atoms with Gasteiger partial charge in [-0.05, 0) is 42.1 Å². The van der Waals surface area contributed by atoms with E-state index in [2.05, 4.69) is 65.3 Å². The zero-order valence-electron chi connectivity index (χ0n) is 13.1. The second-order valence-corrected chi connectivity index (χ2v) is 6.22. The molecule has 2 aromatic carbocycles. The Labute approximate surface area is 135 Å². The lowest BCUT2D eigenvalue weighted by Gasteiger charge is -2.14. The Kier molecular flexibility index (Phi) is 4.16. The van der Waals surface area contributed by atoms with Crippen LogP contribution in [0, 0.1) is 0 Å². The average Bonchev–Trinajstić information content (AvgIpc) is 2.98. The van der Waals surface area contributed by atoms with E-state index >= 15 is 0 Å². The molecule has 2 N–H and O–H groups in total. The summed E-state index contributed by atoms with van der Waals surface area (Å²) in [5, 5.41) is 7.93. The summed E-state index contributed by atoms with van der Waals surface area (Å²) >= 11 is 1.83. The third-order valence-electron chi connectivity index (χ3n) is 3.74. The van der Waals surface area contributed by atoms with Crippen molar-refractivity contribution in [2.45, 2.75) is 6.92 Å². The molecule has 0 bridgehead atoms. The molecule has 0 unspecified atom stereocenters. The van der Waals surface area contributed by atoms with Crippen LogP contribution in [0.15, 0.2) is 48.5 Å². The van der Waals surface area contributed by atoms with E-state index in [-0.39, 0.29) is 0 Å². The van der Waals surface area contributed by atoms with E-state index in [1.807, 2.05) is 32.4 Å². The van der Waals surface area contributed by atoms with Gasteiger partial charge in [0.25, 0.3) is 0 Å². The minimum atomic E-state index is 1.12.